The maximum Gasteiger partial charge on any atom is 0.161 e. The van der Waals surface area contributed by atoms with Gasteiger partial charge in [-0.25, -0.2) is 4.68 Å². The highest BCUT2D eigenvalue weighted by Gasteiger charge is 2.19. The maximum absolute atomic E-state index is 5.74. The molecule has 1 aromatic heterocycles. The van der Waals surface area contributed by atoms with Crippen molar-refractivity contribution in [3.05, 3.63) is 72.1 Å². The number of aromatic nitrogens is 2. The predicted molar refractivity (Wildman–Crippen MR) is 105 cm³/mol. The molecule has 27 heavy (non-hydrogen) atoms. The van der Waals surface area contributed by atoms with Crippen LogP contribution in [0.4, 0.5) is 0 Å². The molecule has 4 rings (SSSR count). The van der Waals surface area contributed by atoms with Gasteiger partial charge in [0.2, 0.25) is 0 Å². The Morgan fingerprint density at radius 1 is 1.04 bits per heavy atom. The zero-order valence-electron chi connectivity index (χ0n) is 15.8. The zero-order chi connectivity index (χ0) is 18.6. The summed E-state index contributed by atoms with van der Waals surface area (Å²) >= 11 is 0. The summed E-state index contributed by atoms with van der Waals surface area (Å²) in [7, 11) is 0. The standard InChI is InChI=1S/C22H25N3O2/c1-16(2)22(18-8-9-20-21(12-18)27-11-10-26-20)23-13-17-14-24-25(15-17)19-6-4-3-5-7-19/h3-9,12,14-16,22-23H,10-11,13H2,1-2H3/t22-/m0/s1. The molecule has 0 unspecified atom stereocenters. The molecule has 2 aromatic carbocycles. The third-order valence-electron chi connectivity index (χ3n) is 4.77. The highest BCUT2D eigenvalue weighted by atomic mass is 16.6. The molecule has 1 aliphatic rings. The van der Waals surface area contributed by atoms with Gasteiger partial charge in [-0.2, -0.15) is 5.10 Å². The Kier molecular flexibility index (Phi) is 5.12. The van der Waals surface area contributed by atoms with Crippen LogP contribution in [0.25, 0.3) is 5.69 Å². The normalized spacial score (nSPS) is 14.3. The molecular weight excluding hydrogens is 338 g/mol. The lowest BCUT2D eigenvalue weighted by Crippen LogP contribution is -2.25. The fraction of sp³-hybridized carbons (Fsp3) is 0.318. The molecule has 5 heteroatoms. The fourth-order valence-corrected chi connectivity index (χ4v) is 3.39. The van der Waals surface area contributed by atoms with E-state index in [2.05, 4.69) is 54.7 Å². The highest BCUT2D eigenvalue weighted by Crippen LogP contribution is 2.34. The SMILES string of the molecule is CC(C)[C@H](NCc1cnn(-c2ccccc2)c1)c1ccc2c(c1)OCCO2. The largest absolute Gasteiger partial charge is 0.486 e. The first-order valence-corrected chi connectivity index (χ1v) is 9.42. The number of benzene rings is 2. The Morgan fingerprint density at radius 3 is 2.59 bits per heavy atom. The minimum atomic E-state index is 0.223. The number of para-hydroxylation sites is 1. The van der Waals surface area contributed by atoms with Gasteiger partial charge >= 0.3 is 0 Å². The summed E-state index contributed by atoms with van der Waals surface area (Å²) in [5.41, 5.74) is 3.43. The Hall–Kier alpha value is -2.79. The van der Waals surface area contributed by atoms with Crippen LogP contribution in [0.15, 0.2) is 60.9 Å². The van der Waals surface area contributed by atoms with Crippen LogP contribution in [-0.4, -0.2) is 23.0 Å². The van der Waals surface area contributed by atoms with E-state index in [0.29, 0.717) is 19.1 Å². The Labute approximate surface area is 159 Å². The average molecular weight is 363 g/mol. The number of ether oxygens (including phenoxy) is 2. The van der Waals surface area contributed by atoms with Crippen LogP contribution in [0.1, 0.15) is 31.0 Å². The third-order valence-corrected chi connectivity index (χ3v) is 4.77. The molecule has 0 saturated heterocycles. The molecule has 1 N–H and O–H groups in total. The second-order valence-electron chi connectivity index (χ2n) is 7.13. The lowest BCUT2D eigenvalue weighted by molar-refractivity contribution is 0.171. The molecule has 0 radical (unpaired) electrons. The summed E-state index contributed by atoms with van der Waals surface area (Å²) < 4.78 is 13.3. The lowest BCUT2D eigenvalue weighted by atomic mass is 9.95. The molecule has 0 fully saturated rings. The first-order chi connectivity index (χ1) is 13.2. The molecule has 140 valence electrons. The van der Waals surface area contributed by atoms with E-state index >= 15 is 0 Å². The van der Waals surface area contributed by atoms with E-state index in [4.69, 9.17) is 9.47 Å². The summed E-state index contributed by atoms with van der Waals surface area (Å²) in [4.78, 5) is 0. The molecule has 1 aliphatic heterocycles. The topological polar surface area (TPSA) is 48.3 Å². The number of rotatable bonds is 6. The van der Waals surface area contributed by atoms with Crippen LogP contribution < -0.4 is 14.8 Å². The van der Waals surface area contributed by atoms with Crippen molar-refractivity contribution in [3.63, 3.8) is 0 Å². The van der Waals surface area contributed by atoms with Gasteiger partial charge in [0.1, 0.15) is 13.2 Å². The van der Waals surface area contributed by atoms with E-state index < -0.39 is 0 Å². The van der Waals surface area contributed by atoms with Gasteiger partial charge in [0, 0.05) is 24.3 Å². The first-order valence-electron chi connectivity index (χ1n) is 9.42. The minimum absolute atomic E-state index is 0.223. The molecule has 0 bridgehead atoms. The molecule has 5 nitrogen and oxygen atoms in total. The Balaban J connectivity index is 1.47. The van der Waals surface area contributed by atoms with Crippen molar-refractivity contribution < 1.29 is 9.47 Å². The second-order valence-corrected chi connectivity index (χ2v) is 7.13. The zero-order valence-corrected chi connectivity index (χ0v) is 15.8. The molecule has 0 spiro atoms. The maximum atomic E-state index is 5.74. The predicted octanol–water partition coefficient (Wildman–Crippen LogP) is 4.13. The van der Waals surface area contributed by atoms with Crippen LogP contribution in [0.2, 0.25) is 0 Å². The summed E-state index contributed by atoms with van der Waals surface area (Å²) in [5, 5.41) is 8.15. The fourth-order valence-electron chi connectivity index (χ4n) is 3.39. The molecule has 0 amide bonds. The minimum Gasteiger partial charge on any atom is -0.486 e. The first kappa shape index (κ1) is 17.6. The van der Waals surface area contributed by atoms with Crippen molar-refractivity contribution >= 4 is 0 Å². The molecule has 1 atom stereocenters. The van der Waals surface area contributed by atoms with Gasteiger partial charge < -0.3 is 14.8 Å². The summed E-state index contributed by atoms with van der Waals surface area (Å²) in [6, 6.07) is 16.6. The van der Waals surface area contributed by atoms with E-state index in [9.17, 15) is 0 Å². The molecule has 0 aliphatic carbocycles. The molecule has 2 heterocycles. The number of nitrogens with zero attached hydrogens (tertiary/aromatic N) is 2. The molecular formula is C22H25N3O2. The Morgan fingerprint density at radius 2 is 1.81 bits per heavy atom. The van der Waals surface area contributed by atoms with Crippen molar-refractivity contribution in [2.45, 2.75) is 26.4 Å². The number of fused-ring (bicyclic) bond motifs is 1. The summed E-state index contributed by atoms with van der Waals surface area (Å²) in [6.07, 6.45) is 3.99. The van der Waals surface area contributed by atoms with E-state index in [1.54, 1.807) is 0 Å². The second kappa shape index (κ2) is 7.84. The quantitative estimate of drug-likeness (QED) is 0.715. The summed E-state index contributed by atoms with van der Waals surface area (Å²) in [5.74, 6) is 2.11. The van der Waals surface area contributed by atoms with Crippen LogP contribution in [0.3, 0.4) is 0 Å². The van der Waals surface area contributed by atoms with Crippen LogP contribution in [-0.2, 0) is 6.54 Å². The summed E-state index contributed by atoms with van der Waals surface area (Å²) in [6.45, 7) is 6.42. The van der Waals surface area contributed by atoms with Crippen molar-refractivity contribution in [2.24, 2.45) is 5.92 Å². The Bertz CT molecular complexity index is 890. The smallest absolute Gasteiger partial charge is 0.161 e. The van der Waals surface area contributed by atoms with Crippen LogP contribution in [0, 0.1) is 5.92 Å². The molecule has 0 saturated carbocycles. The van der Waals surface area contributed by atoms with Crippen molar-refractivity contribution in [1.29, 1.82) is 0 Å². The van der Waals surface area contributed by atoms with Gasteiger partial charge in [-0.15, -0.1) is 0 Å². The lowest BCUT2D eigenvalue weighted by Gasteiger charge is -2.25. The average Bonchev–Trinajstić information content (AvgIpc) is 3.17. The van der Waals surface area contributed by atoms with Crippen LogP contribution in [0.5, 0.6) is 11.5 Å². The number of nitrogens with one attached hydrogen (secondary N) is 1. The van der Waals surface area contributed by atoms with Crippen molar-refractivity contribution in [1.82, 2.24) is 15.1 Å². The van der Waals surface area contributed by atoms with E-state index in [1.807, 2.05) is 35.1 Å². The van der Waals surface area contributed by atoms with Gasteiger partial charge in [0.05, 0.1) is 11.9 Å². The van der Waals surface area contributed by atoms with E-state index in [0.717, 1.165) is 29.3 Å². The van der Waals surface area contributed by atoms with Crippen molar-refractivity contribution in [2.75, 3.05) is 13.2 Å². The van der Waals surface area contributed by atoms with Gasteiger partial charge in [-0.3, -0.25) is 0 Å². The van der Waals surface area contributed by atoms with Gasteiger partial charge in [-0.1, -0.05) is 38.1 Å². The van der Waals surface area contributed by atoms with Gasteiger partial charge in [-0.05, 0) is 35.7 Å². The van der Waals surface area contributed by atoms with Crippen molar-refractivity contribution in [3.8, 4) is 17.2 Å². The van der Waals surface area contributed by atoms with Gasteiger partial charge in [0.15, 0.2) is 11.5 Å². The van der Waals surface area contributed by atoms with Crippen LogP contribution >= 0.6 is 0 Å². The third kappa shape index (κ3) is 3.98. The number of hydrogen-bond acceptors (Lipinski definition) is 4. The van der Waals surface area contributed by atoms with E-state index in [-0.39, 0.29) is 6.04 Å². The van der Waals surface area contributed by atoms with E-state index in [1.165, 1.54) is 5.56 Å². The number of hydrogen-bond donors (Lipinski definition) is 1. The molecule has 3 aromatic rings. The monoisotopic (exact) mass is 363 g/mol. The highest BCUT2D eigenvalue weighted by molar-refractivity contribution is 5.44. The van der Waals surface area contributed by atoms with Gasteiger partial charge in [0.25, 0.3) is 0 Å².